The van der Waals surface area contributed by atoms with Crippen molar-refractivity contribution in [1.29, 1.82) is 0 Å². The van der Waals surface area contributed by atoms with Crippen molar-refractivity contribution in [3.05, 3.63) is 42.7 Å². The molecule has 5 rings (SSSR count). The second kappa shape index (κ2) is 9.52. The molecule has 1 fully saturated rings. The van der Waals surface area contributed by atoms with E-state index in [9.17, 15) is 4.39 Å². The fraction of sp³-hybridized carbons (Fsp3) is 0.440. The molecule has 0 saturated heterocycles. The Morgan fingerprint density at radius 1 is 1.17 bits per heavy atom. The Morgan fingerprint density at radius 3 is 2.66 bits per heavy atom. The zero-order chi connectivity index (χ0) is 24.5. The van der Waals surface area contributed by atoms with Crippen LogP contribution in [0.5, 0.6) is 5.88 Å². The van der Waals surface area contributed by atoms with Gasteiger partial charge in [-0.3, -0.25) is 9.36 Å². The van der Waals surface area contributed by atoms with Gasteiger partial charge in [-0.05, 0) is 38.7 Å². The molecular weight excluding hydrogens is 447 g/mol. The van der Waals surface area contributed by atoms with Crippen molar-refractivity contribution in [3.8, 4) is 17.1 Å². The Hall–Kier alpha value is -3.69. The second-order valence-electron chi connectivity index (χ2n) is 9.20. The highest BCUT2D eigenvalue weighted by atomic mass is 19.1. The molecular formula is C25H31FN8O. The summed E-state index contributed by atoms with van der Waals surface area (Å²) in [6.07, 6.45) is 10.6. The topological polar surface area (TPSA) is 85.9 Å². The van der Waals surface area contributed by atoms with Gasteiger partial charge in [0.15, 0.2) is 0 Å². The molecule has 0 radical (unpaired) electrons. The molecule has 1 aliphatic carbocycles. The Kier molecular flexibility index (Phi) is 6.27. The predicted molar refractivity (Wildman–Crippen MR) is 134 cm³/mol. The average molecular weight is 479 g/mol. The standard InChI is InChI=1S/C25H31FN8O/c1-5-27-22-12-21-19(14-29-22)24(16-13-30-33(4)15-16)31-34(21)17-6-8-18(9-7-17)35-25-23(26)20(32(2)3)10-11-28-25/h10-15,17-18H,5-9H2,1-4H3,(H,27,29)/t17-,18+. The van der Waals surface area contributed by atoms with Crippen molar-refractivity contribution in [2.24, 2.45) is 7.05 Å². The quantitative estimate of drug-likeness (QED) is 0.421. The van der Waals surface area contributed by atoms with E-state index in [1.807, 2.05) is 25.6 Å². The van der Waals surface area contributed by atoms with Crippen LogP contribution in [0, 0.1) is 5.82 Å². The van der Waals surface area contributed by atoms with Crippen LogP contribution in [0.2, 0.25) is 0 Å². The summed E-state index contributed by atoms with van der Waals surface area (Å²) in [4.78, 5) is 10.4. The first-order valence-electron chi connectivity index (χ1n) is 12.0. The molecule has 0 aliphatic heterocycles. The van der Waals surface area contributed by atoms with Crippen LogP contribution in [-0.4, -0.2) is 56.3 Å². The van der Waals surface area contributed by atoms with Crippen LogP contribution >= 0.6 is 0 Å². The molecule has 1 aliphatic rings. The molecule has 4 aromatic heterocycles. The SMILES string of the molecule is CCNc1cc2c(cn1)c(-c1cnn(C)c1)nn2[C@H]1CC[C@@H](Oc2nccc(N(C)C)c2F)CC1. The average Bonchev–Trinajstić information content (AvgIpc) is 3.44. The summed E-state index contributed by atoms with van der Waals surface area (Å²) in [7, 11) is 5.51. The Bertz CT molecular complexity index is 1320. The molecule has 10 heteroatoms. The number of rotatable bonds is 7. The Balaban J connectivity index is 1.39. The largest absolute Gasteiger partial charge is 0.472 e. The van der Waals surface area contributed by atoms with Gasteiger partial charge in [-0.15, -0.1) is 0 Å². The third kappa shape index (κ3) is 4.52. The van der Waals surface area contributed by atoms with Gasteiger partial charge in [0.25, 0.3) is 5.88 Å². The third-order valence-corrected chi connectivity index (χ3v) is 6.51. The minimum Gasteiger partial charge on any atom is -0.472 e. The smallest absolute Gasteiger partial charge is 0.252 e. The van der Waals surface area contributed by atoms with Crippen LogP contribution in [0.25, 0.3) is 22.2 Å². The Labute approximate surface area is 203 Å². The molecule has 1 saturated carbocycles. The fourth-order valence-corrected chi connectivity index (χ4v) is 4.75. The van der Waals surface area contributed by atoms with Gasteiger partial charge < -0.3 is 15.0 Å². The summed E-state index contributed by atoms with van der Waals surface area (Å²) < 4.78 is 24.7. The molecule has 0 bridgehead atoms. The third-order valence-electron chi connectivity index (χ3n) is 6.51. The van der Waals surface area contributed by atoms with E-state index in [2.05, 4.69) is 38.1 Å². The van der Waals surface area contributed by atoms with E-state index in [1.54, 1.807) is 35.9 Å². The predicted octanol–water partition coefficient (Wildman–Crippen LogP) is 4.43. The number of anilines is 2. The van der Waals surface area contributed by atoms with Gasteiger partial charge in [-0.25, -0.2) is 9.97 Å². The fourth-order valence-electron chi connectivity index (χ4n) is 4.75. The second-order valence-corrected chi connectivity index (χ2v) is 9.20. The lowest BCUT2D eigenvalue weighted by molar-refractivity contribution is 0.120. The number of ether oxygens (including phenoxy) is 1. The molecule has 0 amide bonds. The maximum Gasteiger partial charge on any atom is 0.252 e. The number of aromatic nitrogens is 6. The molecule has 4 aromatic rings. The molecule has 35 heavy (non-hydrogen) atoms. The summed E-state index contributed by atoms with van der Waals surface area (Å²) in [5, 5.41) is 13.7. The van der Waals surface area contributed by atoms with Crippen LogP contribution < -0.4 is 15.0 Å². The molecule has 0 spiro atoms. The van der Waals surface area contributed by atoms with E-state index >= 15 is 0 Å². The van der Waals surface area contributed by atoms with Crippen LogP contribution in [0.15, 0.2) is 36.9 Å². The van der Waals surface area contributed by atoms with Crippen molar-refractivity contribution in [2.75, 3.05) is 30.9 Å². The van der Waals surface area contributed by atoms with E-state index in [1.165, 1.54) is 0 Å². The first-order valence-corrected chi connectivity index (χ1v) is 12.0. The molecule has 0 unspecified atom stereocenters. The summed E-state index contributed by atoms with van der Waals surface area (Å²) in [6, 6.07) is 3.93. The van der Waals surface area contributed by atoms with Crippen molar-refractivity contribution in [2.45, 2.75) is 44.8 Å². The minimum atomic E-state index is -0.415. The van der Waals surface area contributed by atoms with Crippen molar-refractivity contribution >= 4 is 22.4 Å². The monoisotopic (exact) mass is 478 g/mol. The van der Waals surface area contributed by atoms with Crippen molar-refractivity contribution in [3.63, 3.8) is 0 Å². The van der Waals surface area contributed by atoms with Crippen LogP contribution in [-0.2, 0) is 7.05 Å². The number of nitrogens with one attached hydrogen (secondary N) is 1. The van der Waals surface area contributed by atoms with Gasteiger partial charge in [-0.1, -0.05) is 0 Å². The van der Waals surface area contributed by atoms with E-state index in [0.717, 1.165) is 60.2 Å². The van der Waals surface area contributed by atoms with Crippen LogP contribution in [0.3, 0.4) is 0 Å². The van der Waals surface area contributed by atoms with Crippen LogP contribution in [0.1, 0.15) is 38.6 Å². The first kappa shape index (κ1) is 23.1. The minimum absolute atomic E-state index is 0.0735. The van der Waals surface area contributed by atoms with E-state index in [-0.39, 0.29) is 18.0 Å². The molecule has 4 heterocycles. The maximum absolute atomic E-state index is 14.8. The van der Waals surface area contributed by atoms with Gasteiger partial charge >= 0.3 is 0 Å². The van der Waals surface area contributed by atoms with E-state index in [4.69, 9.17) is 9.84 Å². The molecule has 9 nitrogen and oxygen atoms in total. The van der Waals surface area contributed by atoms with Gasteiger partial charge in [0.1, 0.15) is 17.6 Å². The van der Waals surface area contributed by atoms with Crippen molar-refractivity contribution in [1.82, 2.24) is 29.5 Å². The number of pyridine rings is 2. The van der Waals surface area contributed by atoms with Gasteiger partial charge in [-0.2, -0.15) is 14.6 Å². The molecule has 184 valence electrons. The summed E-state index contributed by atoms with van der Waals surface area (Å²) in [5.41, 5.74) is 3.37. The highest BCUT2D eigenvalue weighted by Crippen LogP contribution is 2.37. The summed E-state index contributed by atoms with van der Waals surface area (Å²) in [5.74, 6) is 0.491. The van der Waals surface area contributed by atoms with Gasteiger partial charge in [0.05, 0.1) is 23.4 Å². The number of aryl methyl sites for hydroxylation is 1. The number of fused-ring (bicyclic) bond motifs is 1. The lowest BCUT2D eigenvalue weighted by atomic mass is 9.93. The Morgan fingerprint density at radius 2 is 1.97 bits per heavy atom. The summed E-state index contributed by atoms with van der Waals surface area (Å²) >= 11 is 0. The number of halogens is 1. The molecule has 0 aromatic carbocycles. The lowest BCUT2D eigenvalue weighted by Gasteiger charge is -2.29. The maximum atomic E-state index is 14.8. The van der Waals surface area contributed by atoms with E-state index in [0.29, 0.717) is 5.69 Å². The molecule has 0 atom stereocenters. The summed E-state index contributed by atoms with van der Waals surface area (Å²) in [6.45, 7) is 2.85. The number of hydrogen-bond donors (Lipinski definition) is 1. The number of nitrogens with zero attached hydrogens (tertiary/aromatic N) is 7. The lowest BCUT2D eigenvalue weighted by Crippen LogP contribution is -2.27. The number of hydrogen-bond acceptors (Lipinski definition) is 7. The van der Waals surface area contributed by atoms with Gasteiger partial charge in [0.2, 0.25) is 5.82 Å². The van der Waals surface area contributed by atoms with E-state index < -0.39 is 5.82 Å². The van der Waals surface area contributed by atoms with Crippen molar-refractivity contribution < 1.29 is 9.13 Å². The molecule has 1 N–H and O–H groups in total. The van der Waals surface area contributed by atoms with Crippen LogP contribution in [0.4, 0.5) is 15.9 Å². The van der Waals surface area contributed by atoms with Gasteiger partial charge in [0, 0.05) is 63.3 Å². The highest BCUT2D eigenvalue weighted by Gasteiger charge is 2.28. The normalized spacial score (nSPS) is 18.1. The zero-order valence-corrected chi connectivity index (χ0v) is 20.6. The zero-order valence-electron chi connectivity index (χ0n) is 20.6. The highest BCUT2D eigenvalue weighted by molar-refractivity contribution is 5.93. The first-order chi connectivity index (χ1) is 16.9.